The number of hydrogen-bond donors (Lipinski definition) is 3. The predicted molar refractivity (Wildman–Crippen MR) is 93.5 cm³/mol. The molecule has 2 aromatic rings. The predicted octanol–water partition coefficient (Wildman–Crippen LogP) is 2.45. The summed E-state index contributed by atoms with van der Waals surface area (Å²) < 4.78 is 0. The number of carbonyl (C=O) groups excluding carboxylic acids is 1. The SMILES string of the molecule is O=C(O)Cc1cccc(C2(O)CCNCC2)c1.O=Cc1cccs1. The van der Waals surface area contributed by atoms with Crippen LogP contribution in [0.25, 0.3) is 0 Å². The van der Waals surface area contributed by atoms with Gasteiger partial charge in [-0.25, -0.2) is 0 Å². The minimum atomic E-state index is -0.848. The van der Waals surface area contributed by atoms with Crippen molar-refractivity contribution in [2.24, 2.45) is 0 Å². The number of aliphatic hydroxyl groups is 1. The highest BCUT2D eigenvalue weighted by Crippen LogP contribution is 2.30. The second kappa shape index (κ2) is 8.73. The molecule has 128 valence electrons. The second-order valence-corrected chi connectivity index (χ2v) is 6.67. The van der Waals surface area contributed by atoms with Crippen LogP contribution in [0.4, 0.5) is 0 Å². The number of benzene rings is 1. The van der Waals surface area contributed by atoms with Crippen molar-refractivity contribution in [1.29, 1.82) is 0 Å². The van der Waals surface area contributed by atoms with Gasteiger partial charge in [-0.1, -0.05) is 30.3 Å². The fraction of sp³-hybridized carbons (Fsp3) is 0.333. The second-order valence-electron chi connectivity index (χ2n) is 5.69. The number of thiophene rings is 1. The number of hydrogen-bond acceptors (Lipinski definition) is 5. The maximum atomic E-state index is 10.7. The molecule has 0 bridgehead atoms. The van der Waals surface area contributed by atoms with Crippen molar-refractivity contribution in [1.82, 2.24) is 5.32 Å². The molecule has 0 amide bonds. The van der Waals surface area contributed by atoms with Gasteiger partial charge >= 0.3 is 5.97 Å². The first-order valence-corrected chi connectivity index (χ1v) is 8.64. The molecular weight excluding hydrogens is 326 g/mol. The van der Waals surface area contributed by atoms with Crippen molar-refractivity contribution in [3.63, 3.8) is 0 Å². The number of piperidine rings is 1. The molecule has 0 atom stereocenters. The molecule has 5 nitrogen and oxygen atoms in total. The van der Waals surface area contributed by atoms with E-state index < -0.39 is 11.6 Å². The molecule has 0 saturated carbocycles. The van der Waals surface area contributed by atoms with Crippen LogP contribution in [0.15, 0.2) is 41.8 Å². The van der Waals surface area contributed by atoms with Gasteiger partial charge in [0.15, 0.2) is 6.29 Å². The van der Waals surface area contributed by atoms with Gasteiger partial charge in [0.25, 0.3) is 0 Å². The Kier molecular flexibility index (Phi) is 6.66. The maximum Gasteiger partial charge on any atom is 0.307 e. The Balaban J connectivity index is 0.000000249. The Hall–Kier alpha value is -2.02. The van der Waals surface area contributed by atoms with Gasteiger partial charge in [0, 0.05) is 0 Å². The highest BCUT2D eigenvalue weighted by atomic mass is 32.1. The molecule has 3 rings (SSSR count). The lowest BCUT2D eigenvalue weighted by molar-refractivity contribution is -0.136. The van der Waals surface area contributed by atoms with E-state index in [1.165, 1.54) is 11.3 Å². The van der Waals surface area contributed by atoms with E-state index in [1.54, 1.807) is 18.2 Å². The average molecular weight is 347 g/mol. The first-order chi connectivity index (χ1) is 11.5. The number of nitrogens with one attached hydrogen (secondary N) is 1. The quantitative estimate of drug-likeness (QED) is 0.740. The minimum absolute atomic E-state index is 0.00215. The summed E-state index contributed by atoms with van der Waals surface area (Å²) in [6, 6.07) is 10.9. The van der Waals surface area contributed by atoms with Gasteiger partial charge in [-0.2, -0.15) is 0 Å². The topological polar surface area (TPSA) is 86.6 Å². The van der Waals surface area contributed by atoms with Gasteiger partial charge in [-0.15, -0.1) is 11.3 Å². The lowest BCUT2D eigenvalue weighted by Gasteiger charge is -2.33. The van der Waals surface area contributed by atoms with Crippen LogP contribution in [-0.4, -0.2) is 35.6 Å². The molecule has 3 N–H and O–H groups in total. The summed E-state index contributed by atoms with van der Waals surface area (Å²) in [5, 5.41) is 24.4. The van der Waals surface area contributed by atoms with Gasteiger partial charge < -0.3 is 15.5 Å². The number of aldehydes is 1. The van der Waals surface area contributed by atoms with Crippen LogP contribution >= 0.6 is 11.3 Å². The normalized spacial score (nSPS) is 15.9. The average Bonchev–Trinajstić information content (AvgIpc) is 3.09. The Morgan fingerprint density at radius 2 is 2.00 bits per heavy atom. The van der Waals surface area contributed by atoms with Crippen LogP contribution in [0.3, 0.4) is 0 Å². The number of carboxylic acids is 1. The smallest absolute Gasteiger partial charge is 0.307 e. The molecule has 1 fully saturated rings. The van der Waals surface area contributed by atoms with Gasteiger partial charge in [0.2, 0.25) is 0 Å². The molecule has 1 saturated heterocycles. The summed E-state index contributed by atoms with van der Waals surface area (Å²) in [5.74, 6) is -0.848. The molecule has 0 unspecified atom stereocenters. The van der Waals surface area contributed by atoms with Crippen LogP contribution < -0.4 is 5.32 Å². The molecule has 2 heterocycles. The molecule has 1 aliphatic rings. The van der Waals surface area contributed by atoms with Crippen molar-refractivity contribution >= 4 is 23.6 Å². The molecule has 0 radical (unpaired) electrons. The third-order valence-corrected chi connectivity index (χ3v) is 4.71. The fourth-order valence-corrected chi connectivity index (χ4v) is 3.16. The molecule has 0 aliphatic carbocycles. The van der Waals surface area contributed by atoms with Gasteiger partial charge in [0.05, 0.1) is 16.9 Å². The van der Waals surface area contributed by atoms with Crippen molar-refractivity contribution in [3.8, 4) is 0 Å². The van der Waals surface area contributed by atoms with Crippen LogP contribution in [-0.2, 0) is 16.8 Å². The highest BCUT2D eigenvalue weighted by molar-refractivity contribution is 7.11. The first kappa shape index (κ1) is 18.3. The van der Waals surface area contributed by atoms with E-state index in [2.05, 4.69) is 5.32 Å². The first-order valence-electron chi connectivity index (χ1n) is 7.76. The zero-order valence-electron chi connectivity index (χ0n) is 13.3. The van der Waals surface area contributed by atoms with E-state index >= 15 is 0 Å². The van der Waals surface area contributed by atoms with Crippen molar-refractivity contribution in [2.75, 3.05) is 13.1 Å². The van der Waals surface area contributed by atoms with E-state index in [0.29, 0.717) is 12.8 Å². The zero-order chi connectivity index (χ0) is 17.4. The number of carboxylic acid groups (broad SMARTS) is 1. The van der Waals surface area contributed by atoms with Crippen LogP contribution in [0.2, 0.25) is 0 Å². The van der Waals surface area contributed by atoms with E-state index in [-0.39, 0.29) is 6.42 Å². The molecule has 24 heavy (non-hydrogen) atoms. The third-order valence-electron chi connectivity index (χ3n) is 3.91. The van der Waals surface area contributed by atoms with E-state index in [1.807, 2.05) is 23.6 Å². The van der Waals surface area contributed by atoms with Gasteiger partial charge in [0.1, 0.15) is 0 Å². The summed E-state index contributed by atoms with van der Waals surface area (Å²) in [7, 11) is 0. The molecule has 6 heteroatoms. The monoisotopic (exact) mass is 347 g/mol. The Labute approximate surface area is 145 Å². The maximum absolute atomic E-state index is 10.7. The third kappa shape index (κ3) is 5.26. The number of aliphatic carboxylic acids is 1. The Morgan fingerprint density at radius 1 is 1.25 bits per heavy atom. The highest BCUT2D eigenvalue weighted by Gasteiger charge is 2.31. The van der Waals surface area contributed by atoms with Crippen molar-refractivity contribution in [3.05, 3.63) is 57.8 Å². The zero-order valence-corrected chi connectivity index (χ0v) is 14.1. The molecular formula is C18H21NO4S. The molecule has 0 spiro atoms. The lowest BCUT2D eigenvalue weighted by Crippen LogP contribution is -2.39. The van der Waals surface area contributed by atoms with Crippen molar-refractivity contribution in [2.45, 2.75) is 24.9 Å². The molecule has 1 aliphatic heterocycles. The Morgan fingerprint density at radius 3 is 2.54 bits per heavy atom. The summed E-state index contributed by atoms with van der Waals surface area (Å²) in [6.07, 6.45) is 2.19. The number of rotatable bonds is 4. The summed E-state index contributed by atoms with van der Waals surface area (Å²) in [6.45, 7) is 1.58. The molecule has 1 aromatic carbocycles. The van der Waals surface area contributed by atoms with Gasteiger partial charge in [-0.3, -0.25) is 9.59 Å². The summed E-state index contributed by atoms with van der Waals surface area (Å²) in [5.41, 5.74) is 0.763. The minimum Gasteiger partial charge on any atom is -0.481 e. The lowest BCUT2D eigenvalue weighted by atomic mass is 9.84. The Bertz CT molecular complexity index is 663. The van der Waals surface area contributed by atoms with Crippen LogP contribution in [0.5, 0.6) is 0 Å². The standard InChI is InChI=1S/C13H17NO3.C5H4OS/c15-12(16)9-10-2-1-3-11(8-10)13(17)4-6-14-7-5-13;6-4-5-2-1-3-7-5/h1-3,8,14,17H,4-7,9H2,(H,15,16);1-4H. The number of carbonyl (C=O) groups is 2. The van der Waals surface area contributed by atoms with Crippen molar-refractivity contribution < 1.29 is 19.8 Å². The van der Waals surface area contributed by atoms with E-state index in [4.69, 9.17) is 5.11 Å². The van der Waals surface area contributed by atoms with Crippen LogP contribution in [0, 0.1) is 0 Å². The summed E-state index contributed by atoms with van der Waals surface area (Å²) >= 11 is 1.45. The van der Waals surface area contributed by atoms with Crippen LogP contribution in [0.1, 0.15) is 33.6 Å². The molecule has 1 aromatic heterocycles. The largest absolute Gasteiger partial charge is 0.481 e. The van der Waals surface area contributed by atoms with E-state index in [0.717, 1.165) is 35.4 Å². The summed E-state index contributed by atoms with van der Waals surface area (Å²) in [4.78, 5) is 21.3. The fourth-order valence-electron chi connectivity index (χ4n) is 2.63. The van der Waals surface area contributed by atoms with E-state index in [9.17, 15) is 14.7 Å². The van der Waals surface area contributed by atoms with Gasteiger partial charge in [-0.05, 0) is 48.5 Å².